The maximum absolute atomic E-state index is 14.3. The number of aromatic nitrogens is 1. The number of carbonyl (C=O) groups is 1. The Kier molecular flexibility index (Phi) is 5.30. The zero-order valence-electron chi connectivity index (χ0n) is 14.0. The number of ether oxygens (including phenoxy) is 1. The van der Waals surface area contributed by atoms with Crippen LogP contribution in [0.1, 0.15) is 42.2 Å². The molecule has 0 radical (unpaired) electrons. The van der Waals surface area contributed by atoms with Crippen molar-refractivity contribution in [2.24, 2.45) is 0 Å². The van der Waals surface area contributed by atoms with Gasteiger partial charge >= 0.3 is 0 Å². The molecule has 1 aliphatic carbocycles. The fourth-order valence-corrected chi connectivity index (χ4v) is 3.06. The van der Waals surface area contributed by atoms with Crippen LogP contribution in [-0.4, -0.2) is 30.0 Å². The molecule has 0 unspecified atom stereocenters. The Bertz CT molecular complexity index is 724. The molecule has 1 N–H and O–H groups in total. The van der Waals surface area contributed by atoms with Gasteiger partial charge in [-0.3, -0.25) is 4.79 Å². The molecule has 0 atom stereocenters. The largest absolute Gasteiger partial charge is 0.489 e. The van der Waals surface area contributed by atoms with E-state index in [1.165, 1.54) is 6.07 Å². The molecule has 128 valence electrons. The number of carbonyl (C=O) groups excluding carboxylic acids is 1. The predicted octanol–water partition coefficient (Wildman–Crippen LogP) is 3.51. The van der Waals surface area contributed by atoms with Crippen molar-refractivity contribution in [1.82, 2.24) is 9.88 Å². The number of halogens is 1. The van der Waals surface area contributed by atoms with Crippen molar-refractivity contribution in [2.75, 3.05) is 19.7 Å². The van der Waals surface area contributed by atoms with Crippen LogP contribution in [0.5, 0.6) is 5.75 Å². The zero-order valence-corrected chi connectivity index (χ0v) is 14.0. The molecule has 1 aromatic carbocycles. The van der Waals surface area contributed by atoms with E-state index in [0.717, 1.165) is 42.8 Å². The van der Waals surface area contributed by atoms with Crippen molar-refractivity contribution in [3.8, 4) is 11.4 Å². The molecule has 0 amide bonds. The fourth-order valence-electron chi connectivity index (χ4n) is 3.06. The standard InChI is InChI=1S/C19H23FN2O2/c1-2-9-21-10-12-24-19-7-6-14(13-16(19)20)22-11-8-15-17(22)4-3-5-18(15)23/h6-8,11,13,21H,2-5,9-10,12H2,1H3. The van der Waals surface area contributed by atoms with Gasteiger partial charge in [0.05, 0.1) is 0 Å². The van der Waals surface area contributed by atoms with Gasteiger partial charge in [0, 0.05) is 42.2 Å². The Labute approximate surface area is 141 Å². The Morgan fingerprint density at radius 1 is 1.25 bits per heavy atom. The molecular formula is C19H23FN2O2. The molecule has 5 heteroatoms. The van der Waals surface area contributed by atoms with Gasteiger partial charge in [0.2, 0.25) is 0 Å². The van der Waals surface area contributed by atoms with E-state index >= 15 is 0 Å². The van der Waals surface area contributed by atoms with Crippen LogP contribution in [-0.2, 0) is 6.42 Å². The van der Waals surface area contributed by atoms with E-state index in [9.17, 15) is 9.18 Å². The van der Waals surface area contributed by atoms with E-state index in [0.29, 0.717) is 19.6 Å². The lowest BCUT2D eigenvalue weighted by molar-refractivity contribution is 0.0972. The SMILES string of the molecule is CCCNCCOc1ccc(-n2ccc3c2CCCC3=O)cc1F. The molecule has 0 aliphatic heterocycles. The molecule has 3 rings (SSSR count). The van der Waals surface area contributed by atoms with Crippen LogP contribution < -0.4 is 10.1 Å². The van der Waals surface area contributed by atoms with Gasteiger partial charge in [-0.15, -0.1) is 0 Å². The summed E-state index contributed by atoms with van der Waals surface area (Å²) in [5.74, 6) is 0.0525. The van der Waals surface area contributed by atoms with Gasteiger partial charge in [-0.1, -0.05) is 6.92 Å². The molecule has 4 nitrogen and oxygen atoms in total. The number of fused-ring (bicyclic) bond motifs is 1. The summed E-state index contributed by atoms with van der Waals surface area (Å²) in [6.07, 6.45) is 5.20. The van der Waals surface area contributed by atoms with Gasteiger partial charge in [0.25, 0.3) is 0 Å². The molecule has 0 spiro atoms. The number of hydrogen-bond acceptors (Lipinski definition) is 3. The first-order valence-electron chi connectivity index (χ1n) is 8.57. The highest BCUT2D eigenvalue weighted by molar-refractivity contribution is 5.98. The lowest BCUT2D eigenvalue weighted by atomic mass is 9.97. The van der Waals surface area contributed by atoms with Crippen molar-refractivity contribution >= 4 is 5.78 Å². The monoisotopic (exact) mass is 330 g/mol. The molecule has 24 heavy (non-hydrogen) atoms. The first-order valence-corrected chi connectivity index (χ1v) is 8.57. The Hall–Kier alpha value is -2.14. The number of nitrogens with one attached hydrogen (secondary N) is 1. The maximum atomic E-state index is 14.3. The minimum absolute atomic E-state index is 0.176. The van der Waals surface area contributed by atoms with Crippen molar-refractivity contribution in [3.05, 3.63) is 47.5 Å². The molecule has 0 saturated carbocycles. The second kappa shape index (κ2) is 7.62. The number of hydrogen-bond donors (Lipinski definition) is 1. The second-order valence-electron chi connectivity index (χ2n) is 6.04. The Balaban J connectivity index is 1.72. The summed E-state index contributed by atoms with van der Waals surface area (Å²) in [6, 6.07) is 6.78. The highest BCUT2D eigenvalue weighted by atomic mass is 19.1. The summed E-state index contributed by atoms with van der Waals surface area (Å²) in [6.45, 7) is 4.16. The lowest BCUT2D eigenvalue weighted by Crippen LogP contribution is -2.21. The highest BCUT2D eigenvalue weighted by Crippen LogP contribution is 2.27. The summed E-state index contributed by atoms with van der Waals surface area (Å²) < 4.78 is 21.7. The molecule has 0 saturated heterocycles. The first-order chi connectivity index (χ1) is 11.7. The van der Waals surface area contributed by atoms with Crippen LogP contribution in [0.15, 0.2) is 30.5 Å². The molecule has 1 heterocycles. The van der Waals surface area contributed by atoms with Gasteiger partial charge < -0.3 is 14.6 Å². The van der Waals surface area contributed by atoms with Crippen molar-refractivity contribution in [3.63, 3.8) is 0 Å². The summed E-state index contributed by atoms with van der Waals surface area (Å²) in [5, 5.41) is 3.21. The van der Waals surface area contributed by atoms with Crippen molar-refractivity contribution in [1.29, 1.82) is 0 Å². The van der Waals surface area contributed by atoms with Crippen LogP contribution in [0.4, 0.5) is 4.39 Å². The minimum atomic E-state index is -0.382. The molecule has 2 aromatic rings. The summed E-state index contributed by atoms with van der Waals surface area (Å²) in [5.41, 5.74) is 2.46. The normalized spacial score (nSPS) is 13.8. The molecule has 1 aromatic heterocycles. The number of nitrogens with zero attached hydrogens (tertiary/aromatic N) is 1. The smallest absolute Gasteiger partial charge is 0.167 e. The third kappa shape index (κ3) is 3.51. The maximum Gasteiger partial charge on any atom is 0.167 e. The molecular weight excluding hydrogens is 307 g/mol. The summed E-state index contributed by atoms with van der Waals surface area (Å²) >= 11 is 0. The van der Waals surface area contributed by atoms with E-state index in [4.69, 9.17) is 4.74 Å². The number of Topliss-reactive ketones (excluding diaryl/α,β-unsaturated/α-hetero) is 1. The third-order valence-electron chi connectivity index (χ3n) is 4.27. The molecule has 0 bridgehead atoms. The number of ketones is 1. The van der Waals surface area contributed by atoms with E-state index in [1.807, 2.05) is 22.9 Å². The van der Waals surface area contributed by atoms with E-state index in [-0.39, 0.29) is 17.3 Å². The van der Waals surface area contributed by atoms with E-state index < -0.39 is 0 Å². The van der Waals surface area contributed by atoms with E-state index in [1.54, 1.807) is 6.07 Å². The second-order valence-corrected chi connectivity index (χ2v) is 6.04. The average molecular weight is 330 g/mol. The van der Waals surface area contributed by atoms with Gasteiger partial charge in [-0.25, -0.2) is 4.39 Å². The Morgan fingerprint density at radius 2 is 2.12 bits per heavy atom. The summed E-state index contributed by atoms with van der Waals surface area (Å²) in [7, 11) is 0. The summed E-state index contributed by atoms with van der Waals surface area (Å²) in [4.78, 5) is 11.9. The van der Waals surface area contributed by atoms with Crippen LogP contribution in [0.2, 0.25) is 0 Å². The van der Waals surface area contributed by atoms with Crippen molar-refractivity contribution in [2.45, 2.75) is 32.6 Å². The highest BCUT2D eigenvalue weighted by Gasteiger charge is 2.21. The molecule has 1 aliphatic rings. The Morgan fingerprint density at radius 3 is 2.92 bits per heavy atom. The zero-order chi connectivity index (χ0) is 16.9. The van der Waals surface area contributed by atoms with Crippen LogP contribution in [0, 0.1) is 5.82 Å². The third-order valence-corrected chi connectivity index (χ3v) is 4.27. The van der Waals surface area contributed by atoms with Crippen LogP contribution >= 0.6 is 0 Å². The van der Waals surface area contributed by atoms with Crippen molar-refractivity contribution < 1.29 is 13.9 Å². The van der Waals surface area contributed by atoms with Crippen LogP contribution in [0.3, 0.4) is 0 Å². The fraction of sp³-hybridized carbons (Fsp3) is 0.421. The number of benzene rings is 1. The van der Waals surface area contributed by atoms with Gasteiger partial charge in [0.15, 0.2) is 17.3 Å². The minimum Gasteiger partial charge on any atom is -0.489 e. The number of rotatable bonds is 7. The van der Waals surface area contributed by atoms with Gasteiger partial charge in [-0.2, -0.15) is 0 Å². The predicted molar refractivity (Wildman–Crippen MR) is 91.7 cm³/mol. The van der Waals surface area contributed by atoms with Gasteiger partial charge in [-0.05, 0) is 44.0 Å². The lowest BCUT2D eigenvalue weighted by Gasteiger charge is -2.16. The van der Waals surface area contributed by atoms with E-state index in [2.05, 4.69) is 12.2 Å². The topological polar surface area (TPSA) is 43.3 Å². The molecule has 0 fully saturated rings. The van der Waals surface area contributed by atoms with Crippen LogP contribution in [0.25, 0.3) is 5.69 Å². The average Bonchev–Trinajstić information content (AvgIpc) is 3.01. The first kappa shape index (κ1) is 16.7. The quantitative estimate of drug-likeness (QED) is 0.790. The van der Waals surface area contributed by atoms with Gasteiger partial charge in [0.1, 0.15) is 6.61 Å².